The summed E-state index contributed by atoms with van der Waals surface area (Å²) in [7, 11) is 0. The van der Waals surface area contributed by atoms with Crippen LogP contribution in [-0.4, -0.2) is 22.9 Å². The van der Waals surface area contributed by atoms with Crippen molar-refractivity contribution in [2.24, 2.45) is 11.8 Å². The fraction of sp³-hybridized carbons (Fsp3) is 0.733. The average Bonchev–Trinajstić information content (AvgIpc) is 2.81. The van der Waals surface area contributed by atoms with E-state index in [1.807, 2.05) is 13.0 Å². The molecule has 20 heavy (non-hydrogen) atoms. The predicted molar refractivity (Wildman–Crippen MR) is 81.5 cm³/mol. The van der Waals surface area contributed by atoms with Crippen LogP contribution in [0.5, 0.6) is 0 Å². The van der Waals surface area contributed by atoms with Crippen molar-refractivity contribution in [3.8, 4) is 0 Å². The van der Waals surface area contributed by atoms with Gasteiger partial charge < -0.3 is 9.84 Å². The molecule has 1 aromatic rings. The van der Waals surface area contributed by atoms with Crippen LogP contribution in [0.2, 0.25) is 0 Å². The van der Waals surface area contributed by atoms with Crippen molar-refractivity contribution >= 4 is 17.7 Å². The molecule has 4 nitrogen and oxygen atoms in total. The lowest BCUT2D eigenvalue weighted by Crippen LogP contribution is -2.44. The predicted octanol–water partition coefficient (Wildman–Crippen LogP) is 3.16. The highest BCUT2D eigenvalue weighted by molar-refractivity contribution is 7.99. The Bertz CT molecular complexity index is 447. The summed E-state index contributed by atoms with van der Waals surface area (Å²) in [4.78, 5) is 12.0. The topological polar surface area (TPSA) is 55.1 Å². The molecule has 0 spiro atoms. The molecular formula is C15H24N2O2S. The first-order chi connectivity index (χ1) is 9.56. The number of carbonyl (C=O) groups is 1. The first-order valence-electron chi connectivity index (χ1n) is 7.35. The third-order valence-corrected chi connectivity index (χ3v) is 5.18. The molecule has 2 rings (SSSR count). The summed E-state index contributed by atoms with van der Waals surface area (Å²) < 4.78 is 5.01. The fourth-order valence-corrected chi connectivity index (χ4v) is 3.48. The molecule has 0 aromatic carbocycles. The normalized spacial score (nSPS) is 26.4. The van der Waals surface area contributed by atoms with E-state index < -0.39 is 0 Å². The maximum atomic E-state index is 12.0. The quantitative estimate of drug-likeness (QED) is 0.907. The molecule has 112 valence electrons. The summed E-state index contributed by atoms with van der Waals surface area (Å²) in [5.41, 5.74) is 0.903. The van der Waals surface area contributed by atoms with Gasteiger partial charge in [0.1, 0.15) is 5.76 Å². The maximum Gasteiger partial charge on any atom is 0.230 e. The zero-order valence-electron chi connectivity index (χ0n) is 12.5. The van der Waals surface area contributed by atoms with Crippen molar-refractivity contribution in [1.82, 2.24) is 10.5 Å². The minimum atomic E-state index is 0.140. The Hall–Kier alpha value is -0.970. The van der Waals surface area contributed by atoms with Crippen molar-refractivity contribution in [2.45, 2.75) is 51.8 Å². The lowest BCUT2D eigenvalue weighted by atomic mass is 9.78. The molecule has 1 aromatic heterocycles. The molecular weight excluding hydrogens is 272 g/mol. The van der Waals surface area contributed by atoms with Crippen molar-refractivity contribution in [1.29, 1.82) is 0 Å². The van der Waals surface area contributed by atoms with Crippen LogP contribution in [0, 0.1) is 18.8 Å². The van der Waals surface area contributed by atoms with Crippen LogP contribution in [0.25, 0.3) is 0 Å². The van der Waals surface area contributed by atoms with Gasteiger partial charge in [-0.2, -0.15) is 0 Å². The van der Waals surface area contributed by atoms with E-state index in [2.05, 4.69) is 24.3 Å². The van der Waals surface area contributed by atoms with Gasteiger partial charge in [0.15, 0.2) is 0 Å². The zero-order chi connectivity index (χ0) is 14.5. The minimum absolute atomic E-state index is 0.140. The van der Waals surface area contributed by atoms with Crippen LogP contribution in [-0.2, 0) is 10.5 Å². The summed E-state index contributed by atoms with van der Waals surface area (Å²) in [5, 5.41) is 7.11. The number of carbonyl (C=O) groups excluding carboxylic acids is 1. The van der Waals surface area contributed by atoms with Crippen LogP contribution in [0.4, 0.5) is 0 Å². The molecule has 0 aliphatic heterocycles. The van der Waals surface area contributed by atoms with E-state index in [4.69, 9.17) is 4.52 Å². The van der Waals surface area contributed by atoms with Crippen LogP contribution in [0.1, 0.15) is 44.6 Å². The molecule has 0 saturated heterocycles. The molecule has 1 heterocycles. The van der Waals surface area contributed by atoms with E-state index in [-0.39, 0.29) is 5.91 Å². The summed E-state index contributed by atoms with van der Waals surface area (Å²) in [6.45, 7) is 6.41. The number of rotatable bonds is 5. The number of hydrogen-bond donors (Lipinski definition) is 1. The number of nitrogens with one attached hydrogen (secondary N) is 1. The number of aromatic nitrogens is 1. The van der Waals surface area contributed by atoms with Gasteiger partial charge in [-0.05, 0) is 25.2 Å². The van der Waals surface area contributed by atoms with E-state index in [9.17, 15) is 4.79 Å². The smallest absolute Gasteiger partial charge is 0.230 e. The Morgan fingerprint density at radius 3 is 3.00 bits per heavy atom. The highest BCUT2D eigenvalue weighted by Gasteiger charge is 2.27. The molecule has 1 aliphatic rings. The highest BCUT2D eigenvalue weighted by Crippen LogP contribution is 2.29. The van der Waals surface area contributed by atoms with Gasteiger partial charge in [-0.3, -0.25) is 4.79 Å². The van der Waals surface area contributed by atoms with Crippen molar-refractivity contribution in [3.63, 3.8) is 0 Å². The van der Waals surface area contributed by atoms with Gasteiger partial charge in [-0.25, -0.2) is 0 Å². The minimum Gasteiger partial charge on any atom is -0.361 e. The van der Waals surface area contributed by atoms with Crippen molar-refractivity contribution in [2.75, 3.05) is 5.75 Å². The molecule has 1 N–H and O–H groups in total. The number of hydrogen-bond acceptors (Lipinski definition) is 4. The van der Waals surface area contributed by atoms with Crippen LogP contribution < -0.4 is 5.32 Å². The standard InChI is InChI=1S/C15H24N2O2S/c1-10-5-4-6-14(12(10)3)16-15(18)9-20-8-13-7-11(2)19-17-13/h7,10,12,14H,4-6,8-9H2,1-3H3,(H,16,18). The molecule has 0 bridgehead atoms. The Labute approximate surface area is 125 Å². The van der Waals surface area contributed by atoms with E-state index >= 15 is 0 Å². The number of amides is 1. The second-order valence-electron chi connectivity index (χ2n) is 5.86. The number of aryl methyl sites for hydroxylation is 1. The van der Waals surface area contributed by atoms with Crippen LogP contribution in [0.15, 0.2) is 10.6 Å². The van der Waals surface area contributed by atoms with E-state index in [1.165, 1.54) is 12.8 Å². The van der Waals surface area contributed by atoms with Gasteiger partial charge in [0.25, 0.3) is 0 Å². The SMILES string of the molecule is Cc1cc(CSCC(=O)NC2CCCC(C)C2C)no1. The molecule has 3 unspecified atom stereocenters. The molecule has 1 aliphatic carbocycles. The summed E-state index contributed by atoms with van der Waals surface area (Å²) in [6, 6.07) is 2.26. The first-order valence-corrected chi connectivity index (χ1v) is 8.51. The molecule has 1 saturated carbocycles. The zero-order valence-corrected chi connectivity index (χ0v) is 13.3. The number of thioether (sulfide) groups is 1. The third-order valence-electron chi connectivity index (χ3n) is 4.21. The lowest BCUT2D eigenvalue weighted by Gasteiger charge is -2.34. The largest absolute Gasteiger partial charge is 0.361 e. The van der Waals surface area contributed by atoms with Gasteiger partial charge >= 0.3 is 0 Å². The number of nitrogens with zero attached hydrogens (tertiary/aromatic N) is 1. The maximum absolute atomic E-state index is 12.0. The summed E-state index contributed by atoms with van der Waals surface area (Å²) in [5.74, 6) is 3.46. The molecule has 0 radical (unpaired) electrons. The molecule has 1 amide bonds. The average molecular weight is 296 g/mol. The first kappa shape index (κ1) is 15.4. The lowest BCUT2D eigenvalue weighted by molar-refractivity contribution is -0.119. The van der Waals surface area contributed by atoms with Gasteiger partial charge in [-0.1, -0.05) is 31.8 Å². The van der Waals surface area contributed by atoms with E-state index in [0.29, 0.717) is 23.6 Å². The Balaban J connectivity index is 1.69. The van der Waals surface area contributed by atoms with Gasteiger partial charge in [0, 0.05) is 17.9 Å². The Kier molecular flexibility index (Phi) is 5.52. The fourth-order valence-electron chi connectivity index (χ4n) is 2.77. The van der Waals surface area contributed by atoms with Crippen molar-refractivity contribution < 1.29 is 9.32 Å². The van der Waals surface area contributed by atoms with Crippen LogP contribution in [0.3, 0.4) is 0 Å². The van der Waals surface area contributed by atoms with E-state index in [1.54, 1.807) is 11.8 Å². The summed E-state index contributed by atoms with van der Waals surface area (Å²) >= 11 is 1.58. The Morgan fingerprint density at radius 2 is 2.30 bits per heavy atom. The Morgan fingerprint density at radius 1 is 1.50 bits per heavy atom. The molecule has 1 fully saturated rings. The van der Waals surface area contributed by atoms with Gasteiger partial charge in [0.05, 0.1) is 11.4 Å². The molecule has 5 heteroatoms. The van der Waals surface area contributed by atoms with Gasteiger partial charge in [-0.15, -0.1) is 11.8 Å². The second kappa shape index (κ2) is 7.16. The highest BCUT2D eigenvalue weighted by atomic mass is 32.2. The third kappa shape index (κ3) is 4.27. The van der Waals surface area contributed by atoms with E-state index in [0.717, 1.165) is 23.6 Å². The monoisotopic (exact) mass is 296 g/mol. The summed E-state index contributed by atoms with van der Waals surface area (Å²) in [6.07, 6.45) is 3.63. The van der Waals surface area contributed by atoms with Gasteiger partial charge in [0.2, 0.25) is 5.91 Å². The molecule has 3 atom stereocenters. The van der Waals surface area contributed by atoms with Crippen LogP contribution >= 0.6 is 11.8 Å². The van der Waals surface area contributed by atoms with Crippen molar-refractivity contribution in [3.05, 3.63) is 17.5 Å². The second-order valence-corrected chi connectivity index (χ2v) is 6.85.